The van der Waals surface area contributed by atoms with E-state index in [1.54, 1.807) is 0 Å². The fraction of sp³-hybridized carbons (Fsp3) is 0.571. The molecule has 0 aliphatic heterocycles. The van der Waals surface area contributed by atoms with Gasteiger partial charge in [-0.1, -0.05) is 6.08 Å². The second-order valence-electron chi connectivity index (χ2n) is 4.53. The fourth-order valence-corrected chi connectivity index (χ4v) is 2.22. The van der Waals surface area contributed by atoms with Gasteiger partial charge in [-0.15, -0.1) is 0 Å². The molecule has 18 heavy (non-hydrogen) atoms. The van der Waals surface area contributed by atoms with Crippen molar-refractivity contribution in [2.24, 2.45) is 0 Å². The first-order chi connectivity index (χ1) is 8.52. The summed E-state index contributed by atoms with van der Waals surface area (Å²) in [5, 5.41) is 3.08. The third kappa shape index (κ3) is 3.19. The van der Waals surface area contributed by atoms with Crippen LogP contribution in [-0.2, 0) is 6.42 Å². The molecule has 1 aromatic rings. The van der Waals surface area contributed by atoms with Crippen LogP contribution in [0.3, 0.4) is 0 Å². The standard InChI is InChI=1S/C14H22F2N2/c1-9(5-7-15)13-12(6-8-17-4)11(3)18-14(13)10(2)16/h5,10,17-18H,6-8H2,1-4H3/b9-5-. The van der Waals surface area contributed by atoms with Gasteiger partial charge < -0.3 is 10.3 Å². The Morgan fingerprint density at radius 2 is 2.17 bits per heavy atom. The van der Waals surface area contributed by atoms with E-state index >= 15 is 0 Å². The fourth-order valence-electron chi connectivity index (χ4n) is 2.22. The number of hydrogen-bond donors (Lipinski definition) is 2. The van der Waals surface area contributed by atoms with Crippen molar-refractivity contribution in [2.45, 2.75) is 33.4 Å². The van der Waals surface area contributed by atoms with Crippen LogP contribution in [0.15, 0.2) is 6.08 Å². The van der Waals surface area contributed by atoms with Crippen LogP contribution in [-0.4, -0.2) is 25.3 Å². The van der Waals surface area contributed by atoms with Gasteiger partial charge in [0.25, 0.3) is 0 Å². The third-order valence-electron chi connectivity index (χ3n) is 3.15. The molecule has 0 saturated heterocycles. The van der Waals surface area contributed by atoms with Crippen LogP contribution >= 0.6 is 0 Å². The Balaban J connectivity index is 3.26. The van der Waals surface area contributed by atoms with E-state index in [2.05, 4.69) is 10.3 Å². The number of halogens is 2. The summed E-state index contributed by atoms with van der Waals surface area (Å²) in [6, 6.07) is 0. The van der Waals surface area contributed by atoms with Crippen LogP contribution in [0.1, 0.15) is 42.5 Å². The van der Waals surface area contributed by atoms with Gasteiger partial charge >= 0.3 is 0 Å². The maximum absolute atomic E-state index is 13.6. The summed E-state index contributed by atoms with van der Waals surface area (Å²) in [4.78, 5) is 3.09. The smallest absolute Gasteiger partial charge is 0.138 e. The second-order valence-corrected chi connectivity index (χ2v) is 4.53. The number of rotatable bonds is 6. The van der Waals surface area contributed by atoms with Gasteiger partial charge in [-0.3, -0.25) is 0 Å². The van der Waals surface area contributed by atoms with Crippen molar-refractivity contribution in [1.29, 1.82) is 0 Å². The molecule has 0 radical (unpaired) electrons. The molecule has 1 atom stereocenters. The first-order valence-electron chi connectivity index (χ1n) is 6.26. The average molecular weight is 256 g/mol. The number of nitrogens with one attached hydrogen (secondary N) is 2. The van der Waals surface area contributed by atoms with E-state index < -0.39 is 12.8 Å². The van der Waals surface area contributed by atoms with E-state index in [4.69, 9.17) is 0 Å². The molecule has 0 amide bonds. The summed E-state index contributed by atoms with van der Waals surface area (Å²) in [5.74, 6) is 0. The van der Waals surface area contributed by atoms with Gasteiger partial charge in [-0.2, -0.15) is 0 Å². The van der Waals surface area contributed by atoms with Gasteiger partial charge in [0.15, 0.2) is 0 Å². The molecular formula is C14H22F2N2. The van der Waals surface area contributed by atoms with E-state index in [-0.39, 0.29) is 0 Å². The zero-order valence-corrected chi connectivity index (χ0v) is 11.5. The largest absolute Gasteiger partial charge is 0.359 e. The Bertz CT molecular complexity index is 420. The zero-order chi connectivity index (χ0) is 13.7. The Labute approximate surface area is 107 Å². The van der Waals surface area contributed by atoms with Crippen LogP contribution in [0.2, 0.25) is 0 Å². The molecule has 1 rings (SSSR count). The van der Waals surface area contributed by atoms with Crippen molar-refractivity contribution in [3.05, 3.63) is 28.6 Å². The molecule has 0 aromatic carbocycles. The molecule has 102 valence electrons. The second kappa shape index (κ2) is 6.69. The van der Waals surface area contributed by atoms with Gasteiger partial charge in [-0.25, -0.2) is 8.78 Å². The van der Waals surface area contributed by atoms with Crippen LogP contribution in [0, 0.1) is 6.92 Å². The molecular weight excluding hydrogens is 234 g/mol. The first kappa shape index (κ1) is 14.9. The van der Waals surface area contributed by atoms with Crippen molar-refractivity contribution in [3.8, 4) is 0 Å². The Morgan fingerprint density at radius 1 is 1.50 bits per heavy atom. The summed E-state index contributed by atoms with van der Waals surface area (Å²) in [5.41, 5.74) is 4.24. The van der Waals surface area contributed by atoms with Crippen LogP contribution in [0.5, 0.6) is 0 Å². The molecule has 0 saturated carbocycles. The topological polar surface area (TPSA) is 27.8 Å². The molecule has 2 nitrogen and oxygen atoms in total. The lowest BCUT2D eigenvalue weighted by Crippen LogP contribution is -2.11. The minimum absolute atomic E-state index is 0.526. The van der Waals surface area contributed by atoms with E-state index in [9.17, 15) is 8.78 Å². The lowest BCUT2D eigenvalue weighted by atomic mass is 9.97. The Kier molecular flexibility index (Phi) is 5.54. The molecule has 1 heterocycles. The highest BCUT2D eigenvalue weighted by atomic mass is 19.1. The molecule has 0 fully saturated rings. The number of aromatic amines is 1. The van der Waals surface area contributed by atoms with E-state index in [1.165, 1.54) is 13.0 Å². The minimum Gasteiger partial charge on any atom is -0.359 e. The molecule has 1 unspecified atom stereocenters. The molecule has 0 aliphatic carbocycles. The number of hydrogen-bond acceptors (Lipinski definition) is 1. The van der Waals surface area contributed by atoms with Crippen molar-refractivity contribution >= 4 is 5.57 Å². The van der Waals surface area contributed by atoms with Crippen LogP contribution in [0.4, 0.5) is 8.78 Å². The van der Waals surface area contributed by atoms with Crippen LogP contribution in [0.25, 0.3) is 5.57 Å². The monoisotopic (exact) mass is 256 g/mol. The predicted molar refractivity (Wildman–Crippen MR) is 72.3 cm³/mol. The summed E-state index contributed by atoms with van der Waals surface area (Å²) >= 11 is 0. The van der Waals surface area contributed by atoms with Gasteiger partial charge in [0.05, 0.1) is 5.69 Å². The number of H-pyrrole nitrogens is 1. The van der Waals surface area contributed by atoms with Gasteiger partial charge in [0.2, 0.25) is 0 Å². The normalized spacial score (nSPS) is 14.0. The minimum atomic E-state index is -1.08. The Hall–Kier alpha value is -1.16. The number of alkyl halides is 2. The molecule has 2 N–H and O–H groups in total. The highest BCUT2D eigenvalue weighted by Crippen LogP contribution is 2.31. The summed E-state index contributed by atoms with van der Waals surface area (Å²) in [6.07, 6.45) is 1.22. The highest BCUT2D eigenvalue weighted by Gasteiger charge is 2.19. The molecule has 0 bridgehead atoms. The lowest BCUT2D eigenvalue weighted by Gasteiger charge is -2.09. The number of likely N-dealkylation sites (N-methyl/N-ethyl adjacent to an activating group) is 1. The number of aryl methyl sites for hydroxylation is 1. The SMILES string of the molecule is CNCCc1c(C)[nH]c(C(C)F)c1/C(C)=C\CF. The average Bonchev–Trinajstić information content (AvgIpc) is 2.64. The lowest BCUT2D eigenvalue weighted by molar-refractivity contribution is 0.366. The quantitative estimate of drug-likeness (QED) is 0.801. The maximum Gasteiger partial charge on any atom is 0.138 e. The van der Waals surface area contributed by atoms with Gasteiger partial charge in [0.1, 0.15) is 12.8 Å². The van der Waals surface area contributed by atoms with E-state index in [0.29, 0.717) is 5.69 Å². The highest BCUT2D eigenvalue weighted by molar-refractivity contribution is 5.70. The summed E-state index contributed by atoms with van der Waals surface area (Å²) in [7, 11) is 1.88. The third-order valence-corrected chi connectivity index (χ3v) is 3.15. The predicted octanol–water partition coefficient (Wildman–Crippen LogP) is 3.49. The molecule has 0 spiro atoms. The Morgan fingerprint density at radius 3 is 2.67 bits per heavy atom. The van der Waals surface area contributed by atoms with Crippen LogP contribution < -0.4 is 5.32 Å². The van der Waals surface area contributed by atoms with Crippen molar-refractivity contribution in [2.75, 3.05) is 20.3 Å². The number of aromatic nitrogens is 1. The van der Waals surface area contributed by atoms with Crippen molar-refractivity contribution < 1.29 is 8.78 Å². The van der Waals surface area contributed by atoms with Crippen molar-refractivity contribution in [1.82, 2.24) is 10.3 Å². The van der Waals surface area contributed by atoms with Gasteiger partial charge in [-0.05, 0) is 51.9 Å². The summed E-state index contributed by atoms with van der Waals surface area (Å²) in [6.45, 7) is 5.55. The van der Waals surface area contributed by atoms with Gasteiger partial charge in [0, 0.05) is 11.3 Å². The summed E-state index contributed by atoms with van der Waals surface area (Å²) < 4.78 is 26.1. The molecule has 4 heteroatoms. The molecule has 1 aromatic heterocycles. The van der Waals surface area contributed by atoms with Crippen molar-refractivity contribution in [3.63, 3.8) is 0 Å². The maximum atomic E-state index is 13.6. The van der Waals surface area contributed by atoms with E-state index in [0.717, 1.165) is 35.4 Å². The first-order valence-corrected chi connectivity index (χ1v) is 6.26. The van der Waals surface area contributed by atoms with E-state index in [1.807, 2.05) is 20.9 Å². The molecule has 0 aliphatic rings. The number of allylic oxidation sites excluding steroid dienone is 2. The zero-order valence-electron chi connectivity index (χ0n) is 11.5.